The van der Waals surface area contributed by atoms with Gasteiger partial charge >= 0.3 is 0 Å². The Morgan fingerprint density at radius 1 is 1.47 bits per heavy atom. The maximum atomic E-state index is 5.91. The minimum atomic E-state index is 0.387. The van der Waals surface area contributed by atoms with E-state index in [2.05, 4.69) is 38.7 Å². The first-order valence-corrected chi connectivity index (χ1v) is 7.92. The molecule has 0 saturated carbocycles. The highest BCUT2D eigenvalue weighted by Crippen LogP contribution is 2.28. The molecule has 0 N–H and O–H groups in total. The highest BCUT2D eigenvalue weighted by Gasteiger charge is 2.21. The molecule has 0 spiro atoms. The fourth-order valence-electron chi connectivity index (χ4n) is 2.72. The van der Waals surface area contributed by atoms with Crippen LogP contribution in [-0.4, -0.2) is 28.6 Å². The van der Waals surface area contributed by atoms with Crippen LogP contribution >= 0.6 is 27.5 Å². The normalized spacial score (nSPS) is 20.0. The summed E-state index contributed by atoms with van der Waals surface area (Å²) in [6, 6.07) is 6.64. The Morgan fingerprint density at radius 3 is 3.11 bits per heavy atom. The highest BCUT2D eigenvalue weighted by atomic mass is 79.9. The Labute approximate surface area is 126 Å². The molecule has 19 heavy (non-hydrogen) atoms. The zero-order valence-corrected chi connectivity index (χ0v) is 13.0. The van der Waals surface area contributed by atoms with Gasteiger partial charge in [-0.05, 0) is 31.0 Å². The molecular weight excluding hydrogens is 328 g/mol. The summed E-state index contributed by atoms with van der Waals surface area (Å²) in [4.78, 5) is 4.73. The van der Waals surface area contributed by atoms with Gasteiger partial charge in [0.2, 0.25) is 0 Å². The molecule has 3 nitrogen and oxygen atoms in total. The van der Waals surface area contributed by atoms with Gasteiger partial charge in [-0.3, -0.25) is 0 Å². The van der Waals surface area contributed by atoms with Gasteiger partial charge in [0.15, 0.2) is 0 Å². The van der Waals surface area contributed by atoms with Gasteiger partial charge < -0.3 is 9.30 Å². The SMILES string of the molecule is ClCCc1nc2cc(Br)ccc2n1C1CCCOC1. The third-order valence-corrected chi connectivity index (χ3v) is 4.23. The summed E-state index contributed by atoms with van der Waals surface area (Å²) in [5, 5.41) is 0. The Balaban J connectivity index is 2.09. The molecule has 5 heteroatoms. The molecule has 1 aromatic heterocycles. The van der Waals surface area contributed by atoms with Crippen LogP contribution in [-0.2, 0) is 11.2 Å². The van der Waals surface area contributed by atoms with E-state index in [-0.39, 0.29) is 0 Å². The molecule has 3 rings (SSSR count). The Morgan fingerprint density at radius 2 is 2.37 bits per heavy atom. The summed E-state index contributed by atoms with van der Waals surface area (Å²) in [6.45, 7) is 1.65. The second kappa shape index (κ2) is 5.81. The van der Waals surface area contributed by atoms with Crippen LogP contribution in [0.2, 0.25) is 0 Å². The molecule has 0 aliphatic carbocycles. The van der Waals surface area contributed by atoms with Crippen molar-refractivity contribution >= 4 is 38.6 Å². The topological polar surface area (TPSA) is 27.1 Å². The number of benzene rings is 1. The fraction of sp³-hybridized carbons (Fsp3) is 0.500. The van der Waals surface area contributed by atoms with E-state index < -0.39 is 0 Å². The molecule has 0 radical (unpaired) electrons. The van der Waals surface area contributed by atoms with Crippen LogP contribution in [0, 0.1) is 0 Å². The van der Waals surface area contributed by atoms with Gasteiger partial charge in [-0.15, -0.1) is 11.6 Å². The average Bonchev–Trinajstić information content (AvgIpc) is 2.77. The standard InChI is InChI=1S/C14H16BrClN2O/c15-10-3-4-13-12(8-10)17-14(5-6-16)18(13)11-2-1-7-19-9-11/h3-4,8,11H,1-2,5-7,9H2. The molecule has 2 heterocycles. The first kappa shape index (κ1) is 13.4. The van der Waals surface area contributed by atoms with E-state index in [4.69, 9.17) is 21.3 Å². The Bertz CT molecular complexity index is 578. The van der Waals surface area contributed by atoms with Gasteiger partial charge in [0.25, 0.3) is 0 Å². The average molecular weight is 344 g/mol. The highest BCUT2D eigenvalue weighted by molar-refractivity contribution is 9.10. The number of ether oxygens (including phenoxy) is 1. The van der Waals surface area contributed by atoms with Crippen LogP contribution in [0.1, 0.15) is 24.7 Å². The number of hydrogen-bond acceptors (Lipinski definition) is 2. The van der Waals surface area contributed by atoms with Crippen LogP contribution in [0.4, 0.5) is 0 Å². The van der Waals surface area contributed by atoms with Gasteiger partial charge in [-0.2, -0.15) is 0 Å². The van der Waals surface area contributed by atoms with Crippen molar-refractivity contribution in [2.24, 2.45) is 0 Å². The van der Waals surface area contributed by atoms with Gasteiger partial charge in [-0.1, -0.05) is 15.9 Å². The Hall–Kier alpha value is -0.580. The first-order chi connectivity index (χ1) is 9.29. The van der Waals surface area contributed by atoms with E-state index in [1.54, 1.807) is 0 Å². The zero-order chi connectivity index (χ0) is 13.2. The second-order valence-corrected chi connectivity index (χ2v) is 6.13. The predicted octanol–water partition coefficient (Wildman–Crippen LogP) is 3.93. The van der Waals surface area contributed by atoms with Gasteiger partial charge in [0, 0.05) is 23.4 Å². The van der Waals surface area contributed by atoms with Gasteiger partial charge in [0.1, 0.15) is 5.82 Å². The van der Waals surface area contributed by atoms with Gasteiger partial charge in [-0.25, -0.2) is 4.98 Å². The van der Waals surface area contributed by atoms with Crippen LogP contribution in [0.5, 0.6) is 0 Å². The number of aromatic nitrogens is 2. The number of hydrogen-bond donors (Lipinski definition) is 0. The van der Waals surface area contributed by atoms with E-state index in [9.17, 15) is 0 Å². The van der Waals surface area contributed by atoms with Crippen molar-refractivity contribution < 1.29 is 4.74 Å². The molecule has 1 saturated heterocycles. The summed E-state index contributed by atoms with van der Waals surface area (Å²) in [6.07, 6.45) is 3.06. The van der Waals surface area contributed by atoms with Crippen LogP contribution in [0.15, 0.2) is 22.7 Å². The predicted molar refractivity (Wildman–Crippen MR) is 80.9 cm³/mol. The van der Waals surface area contributed by atoms with E-state index >= 15 is 0 Å². The molecule has 2 aromatic rings. The lowest BCUT2D eigenvalue weighted by Crippen LogP contribution is -2.23. The summed E-state index contributed by atoms with van der Waals surface area (Å²) in [5.74, 6) is 1.66. The summed E-state index contributed by atoms with van der Waals surface area (Å²) < 4.78 is 9.00. The van der Waals surface area contributed by atoms with Crippen molar-refractivity contribution in [3.63, 3.8) is 0 Å². The molecule has 1 aliphatic rings. The molecule has 1 atom stereocenters. The van der Waals surface area contributed by atoms with Crippen molar-refractivity contribution in [1.29, 1.82) is 0 Å². The number of halogens is 2. The largest absolute Gasteiger partial charge is 0.379 e. The van der Waals surface area contributed by atoms with E-state index in [0.717, 1.165) is 48.3 Å². The quantitative estimate of drug-likeness (QED) is 0.790. The summed E-state index contributed by atoms with van der Waals surface area (Å²) in [5.41, 5.74) is 2.21. The molecule has 102 valence electrons. The minimum Gasteiger partial charge on any atom is -0.379 e. The van der Waals surface area contributed by atoms with E-state index in [1.165, 1.54) is 5.52 Å². The van der Waals surface area contributed by atoms with Crippen molar-refractivity contribution in [2.45, 2.75) is 25.3 Å². The maximum absolute atomic E-state index is 5.91. The van der Waals surface area contributed by atoms with E-state index in [1.807, 2.05) is 0 Å². The second-order valence-electron chi connectivity index (χ2n) is 4.84. The number of imidazole rings is 1. The summed E-state index contributed by atoms with van der Waals surface area (Å²) in [7, 11) is 0. The number of alkyl halides is 1. The van der Waals surface area contributed by atoms with Crippen LogP contribution in [0.25, 0.3) is 11.0 Å². The maximum Gasteiger partial charge on any atom is 0.111 e. The number of nitrogens with zero attached hydrogens (tertiary/aromatic N) is 2. The number of fused-ring (bicyclic) bond motifs is 1. The lowest BCUT2D eigenvalue weighted by Gasteiger charge is -2.25. The summed E-state index contributed by atoms with van der Waals surface area (Å²) >= 11 is 9.41. The lowest BCUT2D eigenvalue weighted by molar-refractivity contribution is 0.0596. The lowest BCUT2D eigenvalue weighted by atomic mass is 10.1. The molecule has 0 bridgehead atoms. The van der Waals surface area contributed by atoms with Gasteiger partial charge in [0.05, 0.1) is 23.7 Å². The van der Waals surface area contributed by atoms with Crippen LogP contribution < -0.4 is 0 Å². The minimum absolute atomic E-state index is 0.387. The molecule has 1 aromatic carbocycles. The molecule has 1 fully saturated rings. The monoisotopic (exact) mass is 342 g/mol. The van der Waals surface area contributed by atoms with Crippen LogP contribution in [0.3, 0.4) is 0 Å². The fourth-order valence-corrected chi connectivity index (χ4v) is 3.24. The number of aryl methyl sites for hydroxylation is 1. The molecule has 1 aliphatic heterocycles. The zero-order valence-electron chi connectivity index (χ0n) is 10.6. The van der Waals surface area contributed by atoms with Crippen molar-refractivity contribution in [1.82, 2.24) is 9.55 Å². The third-order valence-electron chi connectivity index (χ3n) is 3.54. The number of rotatable bonds is 3. The molecule has 0 amide bonds. The van der Waals surface area contributed by atoms with E-state index in [0.29, 0.717) is 11.9 Å². The van der Waals surface area contributed by atoms with Crippen molar-refractivity contribution in [2.75, 3.05) is 19.1 Å². The smallest absolute Gasteiger partial charge is 0.111 e. The molecular formula is C14H16BrClN2O. The molecule has 1 unspecified atom stereocenters. The first-order valence-electron chi connectivity index (χ1n) is 6.59. The van der Waals surface area contributed by atoms with Crippen molar-refractivity contribution in [3.8, 4) is 0 Å². The third kappa shape index (κ3) is 2.67. The Kier molecular flexibility index (Phi) is 4.10. The van der Waals surface area contributed by atoms with Crippen molar-refractivity contribution in [3.05, 3.63) is 28.5 Å².